The summed E-state index contributed by atoms with van der Waals surface area (Å²) in [7, 11) is 0. The summed E-state index contributed by atoms with van der Waals surface area (Å²) < 4.78 is 4.97. The molecule has 0 saturated heterocycles. The molecule has 24 heavy (non-hydrogen) atoms. The Balaban J connectivity index is 1.75. The zero-order chi connectivity index (χ0) is 17.4. The molecule has 7 heteroatoms. The Kier molecular flexibility index (Phi) is 7.62. The molecule has 1 heterocycles. The van der Waals surface area contributed by atoms with Crippen molar-refractivity contribution in [2.75, 3.05) is 17.7 Å². The number of esters is 1. The second kappa shape index (κ2) is 9.71. The van der Waals surface area contributed by atoms with E-state index in [1.807, 2.05) is 24.3 Å². The highest BCUT2D eigenvalue weighted by atomic mass is 35.5. The number of benzene rings is 1. The fourth-order valence-corrected chi connectivity index (χ4v) is 3.69. The molecule has 0 unspecified atom stereocenters. The number of hydrogen-bond acceptors (Lipinski definition) is 5. The summed E-state index contributed by atoms with van der Waals surface area (Å²) >= 11 is 8.85. The van der Waals surface area contributed by atoms with E-state index in [0.717, 1.165) is 17.1 Å². The lowest BCUT2D eigenvalue weighted by molar-refractivity contribution is -0.116. The minimum absolute atomic E-state index is 0.0975. The SMILES string of the molecule is CCOC(=O)c1ccsc1NC(=O)CCCSc1ccc(Cl)cc1. The van der Waals surface area contributed by atoms with Gasteiger partial charge in [0.15, 0.2) is 0 Å². The van der Waals surface area contributed by atoms with Gasteiger partial charge in [0.1, 0.15) is 5.00 Å². The first-order valence-corrected chi connectivity index (χ1v) is 9.77. The highest BCUT2D eigenvalue weighted by Gasteiger charge is 2.15. The van der Waals surface area contributed by atoms with Crippen molar-refractivity contribution in [3.05, 3.63) is 46.3 Å². The Morgan fingerprint density at radius 2 is 2.00 bits per heavy atom. The lowest BCUT2D eigenvalue weighted by Gasteiger charge is -2.06. The van der Waals surface area contributed by atoms with Gasteiger partial charge in [-0.25, -0.2) is 4.79 Å². The van der Waals surface area contributed by atoms with Crippen LogP contribution in [-0.2, 0) is 9.53 Å². The average Bonchev–Trinajstić information content (AvgIpc) is 3.01. The summed E-state index contributed by atoms with van der Waals surface area (Å²) in [5, 5.41) is 5.81. The minimum Gasteiger partial charge on any atom is -0.462 e. The largest absolute Gasteiger partial charge is 0.462 e. The summed E-state index contributed by atoms with van der Waals surface area (Å²) in [5.41, 5.74) is 0.408. The summed E-state index contributed by atoms with van der Waals surface area (Å²) in [6.07, 6.45) is 1.15. The fraction of sp³-hybridized carbons (Fsp3) is 0.294. The van der Waals surface area contributed by atoms with Crippen molar-refractivity contribution in [1.82, 2.24) is 0 Å². The number of halogens is 1. The van der Waals surface area contributed by atoms with Gasteiger partial charge < -0.3 is 10.1 Å². The van der Waals surface area contributed by atoms with E-state index in [2.05, 4.69) is 5.32 Å². The Hall–Kier alpha value is -1.50. The molecule has 2 aromatic rings. The average molecular weight is 384 g/mol. The first kappa shape index (κ1) is 18.8. The first-order valence-electron chi connectivity index (χ1n) is 7.53. The van der Waals surface area contributed by atoms with Gasteiger partial charge in [-0.15, -0.1) is 23.1 Å². The third-order valence-electron chi connectivity index (χ3n) is 3.04. The molecule has 0 radical (unpaired) electrons. The third kappa shape index (κ3) is 5.85. The van der Waals surface area contributed by atoms with Crippen LogP contribution in [0.25, 0.3) is 0 Å². The maximum atomic E-state index is 12.0. The predicted molar refractivity (Wildman–Crippen MR) is 100 cm³/mol. The molecule has 1 N–H and O–H groups in total. The third-order valence-corrected chi connectivity index (χ3v) is 5.22. The number of thiophene rings is 1. The van der Waals surface area contributed by atoms with Crippen molar-refractivity contribution in [3.63, 3.8) is 0 Å². The molecular formula is C17H18ClNO3S2. The molecule has 0 aliphatic carbocycles. The minimum atomic E-state index is -0.410. The van der Waals surface area contributed by atoms with E-state index in [4.69, 9.17) is 16.3 Å². The van der Waals surface area contributed by atoms with E-state index in [1.165, 1.54) is 11.3 Å². The summed E-state index contributed by atoms with van der Waals surface area (Å²) in [6.45, 7) is 2.06. The molecule has 1 aromatic carbocycles. The molecule has 4 nitrogen and oxygen atoms in total. The quantitative estimate of drug-likeness (QED) is 0.392. The first-order chi connectivity index (χ1) is 11.6. The topological polar surface area (TPSA) is 55.4 Å². The maximum Gasteiger partial charge on any atom is 0.341 e. The molecule has 0 saturated carbocycles. The summed E-state index contributed by atoms with van der Waals surface area (Å²) in [4.78, 5) is 24.9. The van der Waals surface area contributed by atoms with Crippen LogP contribution >= 0.6 is 34.7 Å². The van der Waals surface area contributed by atoms with Crippen molar-refractivity contribution < 1.29 is 14.3 Å². The smallest absolute Gasteiger partial charge is 0.341 e. The van der Waals surface area contributed by atoms with Gasteiger partial charge in [-0.3, -0.25) is 4.79 Å². The van der Waals surface area contributed by atoms with Crippen LogP contribution in [0.3, 0.4) is 0 Å². The van der Waals surface area contributed by atoms with Gasteiger partial charge in [0.05, 0.1) is 12.2 Å². The van der Waals surface area contributed by atoms with Crippen LogP contribution in [0.15, 0.2) is 40.6 Å². The van der Waals surface area contributed by atoms with Gasteiger partial charge >= 0.3 is 5.97 Å². The van der Waals surface area contributed by atoms with Crippen LogP contribution in [0, 0.1) is 0 Å². The molecule has 2 rings (SSSR count). The normalized spacial score (nSPS) is 10.4. The number of carbonyl (C=O) groups excluding carboxylic acids is 2. The Bertz CT molecular complexity index is 685. The van der Waals surface area contributed by atoms with Crippen LogP contribution < -0.4 is 5.32 Å². The van der Waals surface area contributed by atoms with E-state index >= 15 is 0 Å². The van der Waals surface area contributed by atoms with Gasteiger partial charge in [0.25, 0.3) is 0 Å². The van der Waals surface area contributed by atoms with Crippen molar-refractivity contribution in [3.8, 4) is 0 Å². The summed E-state index contributed by atoms with van der Waals surface area (Å²) in [5.74, 6) is 0.330. The number of rotatable bonds is 8. The van der Waals surface area contributed by atoms with E-state index in [9.17, 15) is 9.59 Å². The van der Waals surface area contributed by atoms with E-state index in [1.54, 1.807) is 30.1 Å². The highest BCUT2D eigenvalue weighted by molar-refractivity contribution is 7.99. The number of thioether (sulfide) groups is 1. The lowest BCUT2D eigenvalue weighted by Crippen LogP contribution is -2.14. The van der Waals surface area contributed by atoms with Crippen LogP contribution in [-0.4, -0.2) is 24.2 Å². The molecule has 0 spiro atoms. The number of carbonyl (C=O) groups is 2. The molecule has 0 fully saturated rings. The molecule has 0 aliphatic rings. The molecule has 0 atom stereocenters. The Morgan fingerprint density at radius 1 is 1.25 bits per heavy atom. The van der Waals surface area contributed by atoms with Crippen molar-refractivity contribution in [2.24, 2.45) is 0 Å². The van der Waals surface area contributed by atoms with Crippen LogP contribution in [0.2, 0.25) is 5.02 Å². The zero-order valence-corrected chi connectivity index (χ0v) is 15.6. The number of ether oxygens (including phenoxy) is 1. The number of nitrogens with one attached hydrogen (secondary N) is 1. The van der Waals surface area contributed by atoms with Crippen molar-refractivity contribution in [2.45, 2.75) is 24.7 Å². The van der Waals surface area contributed by atoms with Gasteiger partial charge in [-0.05, 0) is 54.8 Å². The lowest BCUT2D eigenvalue weighted by atomic mass is 10.3. The van der Waals surface area contributed by atoms with Crippen molar-refractivity contribution in [1.29, 1.82) is 0 Å². The second-order valence-corrected chi connectivity index (χ2v) is 7.36. The van der Waals surface area contributed by atoms with E-state index in [0.29, 0.717) is 28.6 Å². The van der Waals surface area contributed by atoms with Crippen LogP contribution in [0.1, 0.15) is 30.1 Å². The molecule has 0 bridgehead atoms. The van der Waals surface area contributed by atoms with E-state index in [-0.39, 0.29) is 5.91 Å². The predicted octanol–water partition coefficient (Wildman–Crippen LogP) is 5.09. The Morgan fingerprint density at radius 3 is 2.71 bits per heavy atom. The standard InChI is InChI=1S/C17H18ClNO3S2/c1-2-22-17(21)14-9-11-24-16(14)19-15(20)4-3-10-23-13-7-5-12(18)6-8-13/h5-9,11H,2-4,10H2,1H3,(H,19,20). The Labute approximate surface area is 154 Å². The van der Waals surface area contributed by atoms with Gasteiger partial charge in [0, 0.05) is 16.3 Å². The zero-order valence-electron chi connectivity index (χ0n) is 13.2. The summed E-state index contributed by atoms with van der Waals surface area (Å²) in [6, 6.07) is 9.29. The van der Waals surface area contributed by atoms with Crippen LogP contribution in [0.4, 0.5) is 5.00 Å². The number of hydrogen-bond donors (Lipinski definition) is 1. The monoisotopic (exact) mass is 383 g/mol. The maximum absolute atomic E-state index is 12.0. The van der Waals surface area contributed by atoms with Gasteiger partial charge in [0.2, 0.25) is 5.91 Å². The fourth-order valence-electron chi connectivity index (χ4n) is 1.92. The number of amides is 1. The second-order valence-electron chi connectivity index (χ2n) is 4.84. The highest BCUT2D eigenvalue weighted by Crippen LogP contribution is 2.25. The molecule has 1 amide bonds. The van der Waals surface area contributed by atoms with E-state index < -0.39 is 5.97 Å². The molecule has 0 aliphatic heterocycles. The number of anilines is 1. The molecule has 1 aromatic heterocycles. The van der Waals surface area contributed by atoms with Crippen molar-refractivity contribution >= 4 is 51.6 Å². The molecular weight excluding hydrogens is 366 g/mol. The van der Waals surface area contributed by atoms with Gasteiger partial charge in [-0.2, -0.15) is 0 Å². The van der Waals surface area contributed by atoms with Crippen LogP contribution in [0.5, 0.6) is 0 Å². The molecule has 128 valence electrons. The van der Waals surface area contributed by atoms with Gasteiger partial charge in [-0.1, -0.05) is 11.6 Å².